The van der Waals surface area contributed by atoms with Crippen LogP contribution in [0.1, 0.15) is 30.3 Å². The summed E-state index contributed by atoms with van der Waals surface area (Å²) in [6.45, 7) is 4.81. The van der Waals surface area contributed by atoms with Gasteiger partial charge in [-0.2, -0.15) is 0 Å². The van der Waals surface area contributed by atoms with Crippen molar-refractivity contribution < 1.29 is 9.21 Å². The number of carbonyl (C=O) groups excluding carboxylic acids is 1. The molecule has 1 aromatic heterocycles. The van der Waals surface area contributed by atoms with Crippen LogP contribution in [-0.4, -0.2) is 30.3 Å². The van der Waals surface area contributed by atoms with Crippen molar-refractivity contribution in [2.24, 2.45) is 5.92 Å². The van der Waals surface area contributed by atoms with E-state index in [1.807, 2.05) is 0 Å². The fourth-order valence-electron chi connectivity index (χ4n) is 2.15. The summed E-state index contributed by atoms with van der Waals surface area (Å²) < 4.78 is 5.09. The first-order valence-electron chi connectivity index (χ1n) is 5.55. The number of furan rings is 1. The SMILES string of the molecule is CC1CCCN(CC(=O)c2ccco2)C1. The molecule has 1 unspecified atom stereocenters. The molecule has 1 fully saturated rings. The van der Waals surface area contributed by atoms with Gasteiger partial charge in [-0.25, -0.2) is 0 Å². The molecule has 3 heteroatoms. The van der Waals surface area contributed by atoms with Crippen molar-refractivity contribution in [1.29, 1.82) is 0 Å². The predicted octanol–water partition coefficient (Wildman–Crippen LogP) is 2.19. The molecule has 82 valence electrons. The first kappa shape index (κ1) is 10.4. The molecule has 15 heavy (non-hydrogen) atoms. The standard InChI is InChI=1S/C12H17NO2/c1-10-4-2-6-13(8-10)9-11(14)12-5-3-7-15-12/h3,5,7,10H,2,4,6,8-9H2,1H3. The van der Waals surface area contributed by atoms with Crippen LogP contribution in [-0.2, 0) is 0 Å². The molecule has 1 aliphatic heterocycles. The lowest BCUT2D eigenvalue weighted by Gasteiger charge is -2.29. The summed E-state index contributed by atoms with van der Waals surface area (Å²) in [7, 11) is 0. The van der Waals surface area contributed by atoms with E-state index in [4.69, 9.17) is 4.42 Å². The minimum atomic E-state index is 0.0918. The van der Waals surface area contributed by atoms with E-state index in [0.717, 1.165) is 13.1 Å². The molecular formula is C12H17NO2. The number of hydrogen-bond acceptors (Lipinski definition) is 3. The van der Waals surface area contributed by atoms with Crippen LogP contribution in [0, 0.1) is 5.92 Å². The van der Waals surface area contributed by atoms with Crippen LogP contribution in [0.3, 0.4) is 0 Å². The lowest BCUT2D eigenvalue weighted by atomic mass is 10.00. The zero-order valence-electron chi connectivity index (χ0n) is 9.11. The summed E-state index contributed by atoms with van der Waals surface area (Å²) in [5, 5.41) is 0. The predicted molar refractivity (Wildman–Crippen MR) is 57.9 cm³/mol. The van der Waals surface area contributed by atoms with E-state index < -0.39 is 0 Å². The van der Waals surface area contributed by atoms with E-state index in [2.05, 4.69) is 11.8 Å². The second-order valence-corrected chi connectivity index (χ2v) is 4.38. The molecule has 0 amide bonds. The molecule has 2 heterocycles. The Morgan fingerprint density at radius 3 is 3.20 bits per heavy atom. The van der Waals surface area contributed by atoms with Crippen LogP contribution in [0.25, 0.3) is 0 Å². The molecule has 0 aromatic carbocycles. The first-order chi connectivity index (χ1) is 7.25. The quantitative estimate of drug-likeness (QED) is 0.712. The Bertz CT molecular complexity index is 318. The maximum absolute atomic E-state index is 11.7. The van der Waals surface area contributed by atoms with Crippen LogP contribution in [0.4, 0.5) is 0 Å². The van der Waals surface area contributed by atoms with Gasteiger partial charge in [0.15, 0.2) is 5.76 Å². The number of Topliss-reactive ketones (excluding diaryl/α,β-unsaturated/α-hetero) is 1. The fraction of sp³-hybridized carbons (Fsp3) is 0.583. The minimum Gasteiger partial charge on any atom is -0.461 e. The smallest absolute Gasteiger partial charge is 0.211 e. The van der Waals surface area contributed by atoms with Gasteiger partial charge in [-0.3, -0.25) is 9.69 Å². The number of ketones is 1. The highest BCUT2D eigenvalue weighted by atomic mass is 16.3. The van der Waals surface area contributed by atoms with E-state index in [1.54, 1.807) is 18.4 Å². The van der Waals surface area contributed by atoms with Gasteiger partial charge in [0.05, 0.1) is 12.8 Å². The highest BCUT2D eigenvalue weighted by molar-refractivity contribution is 5.94. The topological polar surface area (TPSA) is 33.5 Å². The van der Waals surface area contributed by atoms with Gasteiger partial charge in [-0.1, -0.05) is 6.92 Å². The van der Waals surface area contributed by atoms with Gasteiger partial charge in [-0.05, 0) is 37.4 Å². The Morgan fingerprint density at radius 1 is 1.67 bits per heavy atom. The second kappa shape index (κ2) is 4.62. The number of carbonyl (C=O) groups is 1. The highest BCUT2D eigenvalue weighted by Crippen LogP contribution is 2.15. The van der Waals surface area contributed by atoms with Gasteiger partial charge < -0.3 is 4.42 Å². The Balaban J connectivity index is 1.89. The number of nitrogens with zero attached hydrogens (tertiary/aromatic N) is 1. The third-order valence-electron chi connectivity index (χ3n) is 2.90. The summed E-state index contributed by atoms with van der Waals surface area (Å²) >= 11 is 0. The maximum Gasteiger partial charge on any atom is 0.211 e. The van der Waals surface area contributed by atoms with Gasteiger partial charge in [0.25, 0.3) is 0 Å². The monoisotopic (exact) mass is 207 g/mol. The van der Waals surface area contributed by atoms with Crippen molar-refractivity contribution in [3.63, 3.8) is 0 Å². The molecule has 0 spiro atoms. The molecule has 3 nitrogen and oxygen atoms in total. The molecule has 0 saturated carbocycles. The van der Waals surface area contributed by atoms with Gasteiger partial charge in [0.1, 0.15) is 0 Å². The Hall–Kier alpha value is -1.09. The van der Waals surface area contributed by atoms with Gasteiger partial charge in [0, 0.05) is 6.54 Å². The lowest BCUT2D eigenvalue weighted by molar-refractivity contribution is 0.0866. The van der Waals surface area contributed by atoms with Crippen molar-refractivity contribution in [3.8, 4) is 0 Å². The van der Waals surface area contributed by atoms with Gasteiger partial charge in [0.2, 0.25) is 5.78 Å². The highest BCUT2D eigenvalue weighted by Gasteiger charge is 2.19. The molecular weight excluding hydrogens is 190 g/mol. The van der Waals surface area contributed by atoms with E-state index in [0.29, 0.717) is 18.2 Å². The average molecular weight is 207 g/mol. The fourth-order valence-corrected chi connectivity index (χ4v) is 2.15. The number of hydrogen-bond donors (Lipinski definition) is 0. The van der Waals surface area contributed by atoms with Crippen molar-refractivity contribution in [1.82, 2.24) is 4.90 Å². The molecule has 2 rings (SSSR count). The molecule has 0 aliphatic carbocycles. The Morgan fingerprint density at radius 2 is 2.53 bits per heavy atom. The third kappa shape index (κ3) is 2.69. The van der Waals surface area contributed by atoms with E-state index >= 15 is 0 Å². The zero-order chi connectivity index (χ0) is 10.7. The molecule has 1 atom stereocenters. The van der Waals surface area contributed by atoms with Crippen LogP contribution < -0.4 is 0 Å². The first-order valence-corrected chi connectivity index (χ1v) is 5.55. The molecule has 0 bridgehead atoms. The average Bonchev–Trinajstić information content (AvgIpc) is 2.70. The van der Waals surface area contributed by atoms with Gasteiger partial charge >= 0.3 is 0 Å². The summed E-state index contributed by atoms with van der Waals surface area (Å²) in [4.78, 5) is 14.0. The Kier molecular flexibility index (Phi) is 3.21. The number of piperidine rings is 1. The van der Waals surface area contributed by atoms with Crippen molar-refractivity contribution in [2.75, 3.05) is 19.6 Å². The van der Waals surface area contributed by atoms with Crippen LogP contribution in [0.2, 0.25) is 0 Å². The largest absolute Gasteiger partial charge is 0.461 e. The summed E-state index contributed by atoms with van der Waals surface area (Å²) in [6, 6.07) is 3.49. The maximum atomic E-state index is 11.7. The summed E-state index contributed by atoms with van der Waals surface area (Å²) in [5.41, 5.74) is 0. The number of rotatable bonds is 3. The van der Waals surface area contributed by atoms with Crippen LogP contribution in [0.5, 0.6) is 0 Å². The van der Waals surface area contributed by atoms with E-state index in [1.165, 1.54) is 12.8 Å². The molecule has 1 saturated heterocycles. The normalized spacial score (nSPS) is 22.9. The molecule has 1 aliphatic rings. The molecule has 0 radical (unpaired) electrons. The second-order valence-electron chi connectivity index (χ2n) is 4.38. The summed E-state index contributed by atoms with van der Waals surface area (Å²) in [5.74, 6) is 1.28. The van der Waals surface area contributed by atoms with Crippen LogP contribution >= 0.6 is 0 Å². The van der Waals surface area contributed by atoms with Crippen molar-refractivity contribution in [2.45, 2.75) is 19.8 Å². The Labute approximate surface area is 90.1 Å². The lowest BCUT2D eigenvalue weighted by Crippen LogP contribution is -2.37. The number of likely N-dealkylation sites (tertiary alicyclic amines) is 1. The van der Waals surface area contributed by atoms with Crippen molar-refractivity contribution >= 4 is 5.78 Å². The molecule has 1 aromatic rings. The zero-order valence-corrected chi connectivity index (χ0v) is 9.11. The van der Waals surface area contributed by atoms with E-state index in [-0.39, 0.29) is 5.78 Å². The van der Waals surface area contributed by atoms with Gasteiger partial charge in [-0.15, -0.1) is 0 Å². The molecule has 0 N–H and O–H groups in total. The van der Waals surface area contributed by atoms with E-state index in [9.17, 15) is 4.79 Å². The van der Waals surface area contributed by atoms with Crippen molar-refractivity contribution in [3.05, 3.63) is 24.2 Å². The summed E-state index contributed by atoms with van der Waals surface area (Å²) in [6.07, 6.45) is 4.03. The minimum absolute atomic E-state index is 0.0918. The third-order valence-corrected chi connectivity index (χ3v) is 2.90. The van der Waals surface area contributed by atoms with Crippen LogP contribution in [0.15, 0.2) is 22.8 Å².